The maximum atomic E-state index is 12.2. The van der Waals surface area contributed by atoms with Gasteiger partial charge >= 0.3 is 5.97 Å². The number of carbonyl (C=O) groups is 1. The molecule has 0 aromatic heterocycles. The fraction of sp³-hybridized carbons (Fsp3) is 0.938. The number of hydrogen-bond acceptors (Lipinski definition) is 4. The van der Waals surface area contributed by atoms with Gasteiger partial charge in [-0.25, -0.2) is 0 Å². The van der Waals surface area contributed by atoms with Crippen molar-refractivity contribution in [3.63, 3.8) is 0 Å². The molecule has 1 heterocycles. The number of ether oxygens (including phenoxy) is 2. The zero-order valence-corrected chi connectivity index (χ0v) is 12.9. The smallest absolute Gasteiger partial charge is 0.325 e. The van der Waals surface area contributed by atoms with Gasteiger partial charge in [-0.1, -0.05) is 25.7 Å². The third-order valence-corrected chi connectivity index (χ3v) is 4.45. The van der Waals surface area contributed by atoms with Crippen molar-refractivity contribution in [3.05, 3.63) is 0 Å². The summed E-state index contributed by atoms with van der Waals surface area (Å²) >= 11 is 0. The SMILES string of the molecule is CCOC(=O)C(NC1CCCCCC1)C1CCC(C)O1. The highest BCUT2D eigenvalue weighted by molar-refractivity contribution is 5.76. The minimum atomic E-state index is -0.289. The predicted molar refractivity (Wildman–Crippen MR) is 78.6 cm³/mol. The highest BCUT2D eigenvalue weighted by Gasteiger charge is 2.36. The van der Waals surface area contributed by atoms with Crippen LogP contribution < -0.4 is 5.32 Å². The van der Waals surface area contributed by atoms with Gasteiger partial charge in [-0.15, -0.1) is 0 Å². The van der Waals surface area contributed by atoms with E-state index in [4.69, 9.17) is 9.47 Å². The fourth-order valence-electron chi connectivity index (χ4n) is 3.34. The molecule has 3 unspecified atom stereocenters. The maximum Gasteiger partial charge on any atom is 0.325 e. The lowest BCUT2D eigenvalue weighted by Gasteiger charge is -2.27. The molecule has 3 atom stereocenters. The van der Waals surface area contributed by atoms with Gasteiger partial charge < -0.3 is 9.47 Å². The van der Waals surface area contributed by atoms with Crippen LogP contribution in [0.25, 0.3) is 0 Å². The summed E-state index contributed by atoms with van der Waals surface area (Å²) in [5.74, 6) is -0.143. The third kappa shape index (κ3) is 4.45. The lowest BCUT2D eigenvalue weighted by Crippen LogP contribution is -2.51. The Bertz CT molecular complexity index is 300. The van der Waals surface area contributed by atoms with Crippen molar-refractivity contribution in [3.8, 4) is 0 Å². The Hall–Kier alpha value is -0.610. The van der Waals surface area contributed by atoms with E-state index in [9.17, 15) is 4.79 Å². The van der Waals surface area contributed by atoms with Gasteiger partial charge in [0.1, 0.15) is 6.04 Å². The van der Waals surface area contributed by atoms with Crippen molar-refractivity contribution < 1.29 is 14.3 Å². The molecule has 1 aliphatic carbocycles. The van der Waals surface area contributed by atoms with Crippen molar-refractivity contribution in [2.24, 2.45) is 0 Å². The molecule has 0 spiro atoms. The molecule has 0 aromatic carbocycles. The molecule has 0 aromatic rings. The maximum absolute atomic E-state index is 12.2. The van der Waals surface area contributed by atoms with Gasteiger partial charge in [-0.3, -0.25) is 10.1 Å². The van der Waals surface area contributed by atoms with E-state index >= 15 is 0 Å². The van der Waals surface area contributed by atoms with E-state index in [0.717, 1.165) is 25.7 Å². The van der Waals surface area contributed by atoms with Crippen LogP contribution in [0.1, 0.15) is 65.2 Å². The van der Waals surface area contributed by atoms with Crippen LogP contribution in [0.5, 0.6) is 0 Å². The average molecular weight is 283 g/mol. The molecule has 2 rings (SSSR count). The number of esters is 1. The Balaban J connectivity index is 1.95. The molecule has 20 heavy (non-hydrogen) atoms. The van der Waals surface area contributed by atoms with Crippen LogP contribution in [-0.2, 0) is 14.3 Å². The average Bonchev–Trinajstić information content (AvgIpc) is 2.70. The van der Waals surface area contributed by atoms with Gasteiger partial charge in [0.05, 0.1) is 18.8 Å². The zero-order chi connectivity index (χ0) is 14.4. The first-order chi connectivity index (χ1) is 9.70. The molecule has 0 amide bonds. The summed E-state index contributed by atoms with van der Waals surface area (Å²) in [4.78, 5) is 12.2. The second-order valence-corrected chi connectivity index (χ2v) is 6.15. The quantitative estimate of drug-likeness (QED) is 0.622. The van der Waals surface area contributed by atoms with E-state index < -0.39 is 0 Å². The van der Waals surface area contributed by atoms with Crippen LogP contribution in [0, 0.1) is 0 Å². The summed E-state index contributed by atoms with van der Waals surface area (Å²) in [6.45, 7) is 4.37. The van der Waals surface area contributed by atoms with Gasteiger partial charge in [0.25, 0.3) is 0 Å². The molecule has 116 valence electrons. The molecule has 0 bridgehead atoms. The Morgan fingerprint density at radius 2 is 1.90 bits per heavy atom. The van der Waals surface area contributed by atoms with Gasteiger partial charge in [-0.2, -0.15) is 0 Å². The minimum absolute atomic E-state index is 0.0210. The zero-order valence-electron chi connectivity index (χ0n) is 12.9. The largest absolute Gasteiger partial charge is 0.465 e. The summed E-state index contributed by atoms with van der Waals surface area (Å²) in [5, 5.41) is 3.54. The van der Waals surface area contributed by atoms with Crippen molar-refractivity contribution in [2.45, 2.75) is 89.5 Å². The molecule has 2 fully saturated rings. The molecule has 1 saturated carbocycles. The standard InChI is InChI=1S/C16H29NO3/c1-3-19-16(18)15(14-11-10-12(2)20-14)17-13-8-6-4-5-7-9-13/h12-15,17H,3-11H2,1-2H3. The highest BCUT2D eigenvalue weighted by atomic mass is 16.5. The van der Waals surface area contributed by atoms with Crippen molar-refractivity contribution >= 4 is 5.97 Å². The second-order valence-electron chi connectivity index (χ2n) is 6.15. The third-order valence-electron chi connectivity index (χ3n) is 4.45. The van der Waals surface area contributed by atoms with Crippen LogP contribution in [-0.4, -0.2) is 36.9 Å². The summed E-state index contributed by atoms with van der Waals surface area (Å²) in [7, 11) is 0. The van der Waals surface area contributed by atoms with Crippen LogP contribution in [0.4, 0.5) is 0 Å². The first kappa shape index (κ1) is 15.8. The normalized spacial score (nSPS) is 29.9. The number of nitrogens with one attached hydrogen (secondary N) is 1. The van der Waals surface area contributed by atoms with Gasteiger partial charge in [0.2, 0.25) is 0 Å². The number of carbonyl (C=O) groups excluding carboxylic acids is 1. The van der Waals surface area contributed by atoms with Gasteiger partial charge in [0.15, 0.2) is 0 Å². The molecule has 0 radical (unpaired) electrons. The van der Waals surface area contributed by atoms with E-state index in [0.29, 0.717) is 12.6 Å². The molecular weight excluding hydrogens is 254 g/mol. The molecule has 1 N–H and O–H groups in total. The Morgan fingerprint density at radius 3 is 2.45 bits per heavy atom. The summed E-state index contributed by atoms with van der Waals surface area (Å²) in [5.41, 5.74) is 0. The van der Waals surface area contributed by atoms with E-state index in [1.807, 2.05) is 6.92 Å². The summed E-state index contributed by atoms with van der Waals surface area (Å²) < 4.78 is 11.1. The van der Waals surface area contributed by atoms with Gasteiger partial charge in [0, 0.05) is 6.04 Å². The van der Waals surface area contributed by atoms with Crippen LogP contribution >= 0.6 is 0 Å². The lowest BCUT2D eigenvalue weighted by atomic mass is 10.0. The van der Waals surface area contributed by atoms with Crippen molar-refractivity contribution in [1.29, 1.82) is 0 Å². The van der Waals surface area contributed by atoms with E-state index in [1.54, 1.807) is 0 Å². The van der Waals surface area contributed by atoms with Crippen LogP contribution in [0.15, 0.2) is 0 Å². The van der Waals surface area contributed by atoms with E-state index in [1.165, 1.54) is 25.7 Å². The second kappa shape index (κ2) is 7.99. The molecule has 1 saturated heterocycles. The molecule has 1 aliphatic heterocycles. The molecule has 2 aliphatic rings. The molecule has 4 heteroatoms. The first-order valence-corrected chi connectivity index (χ1v) is 8.29. The Kier molecular flexibility index (Phi) is 6.30. The Labute approximate surface area is 122 Å². The monoisotopic (exact) mass is 283 g/mol. The van der Waals surface area contributed by atoms with Crippen LogP contribution in [0.3, 0.4) is 0 Å². The highest BCUT2D eigenvalue weighted by Crippen LogP contribution is 2.24. The number of hydrogen-bond donors (Lipinski definition) is 1. The molecule has 4 nitrogen and oxygen atoms in total. The van der Waals surface area contributed by atoms with E-state index in [-0.39, 0.29) is 24.2 Å². The number of rotatable bonds is 5. The molecular formula is C16H29NO3. The fourth-order valence-corrected chi connectivity index (χ4v) is 3.34. The van der Waals surface area contributed by atoms with Crippen molar-refractivity contribution in [2.75, 3.05) is 6.61 Å². The predicted octanol–water partition coefficient (Wildman–Crippen LogP) is 2.80. The van der Waals surface area contributed by atoms with Gasteiger partial charge in [-0.05, 0) is 39.5 Å². The summed E-state index contributed by atoms with van der Waals surface area (Å²) in [6.07, 6.45) is 9.70. The topological polar surface area (TPSA) is 47.6 Å². The van der Waals surface area contributed by atoms with Crippen LogP contribution in [0.2, 0.25) is 0 Å². The first-order valence-electron chi connectivity index (χ1n) is 8.29. The Morgan fingerprint density at radius 1 is 1.20 bits per heavy atom. The van der Waals surface area contributed by atoms with E-state index in [2.05, 4.69) is 12.2 Å². The summed E-state index contributed by atoms with van der Waals surface area (Å²) in [6, 6.07) is 0.148. The lowest BCUT2D eigenvalue weighted by molar-refractivity contribution is -0.150. The van der Waals surface area contributed by atoms with Crippen molar-refractivity contribution in [1.82, 2.24) is 5.32 Å². The minimum Gasteiger partial charge on any atom is -0.465 e.